The standard InChI is InChI=1S/C18H25F2N3O4/c1-16(4-2-3-5-16)9-11(22-14(26)10-8-18(10,19)20)15(27)23-17(6-7-17)12(24)13(21)25/h10-11H,2-9H2,1H3,(H2,21,25)(H,22,26)(H,23,27). The normalized spacial score (nSPS) is 27.3. The lowest BCUT2D eigenvalue weighted by Gasteiger charge is -2.30. The van der Waals surface area contributed by atoms with E-state index in [4.69, 9.17) is 5.73 Å². The van der Waals surface area contributed by atoms with Crippen LogP contribution in [0.15, 0.2) is 0 Å². The molecule has 3 aliphatic rings. The van der Waals surface area contributed by atoms with E-state index in [0.717, 1.165) is 25.7 Å². The van der Waals surface area contributed by atoms with Crippen LogP contribution < -0.4 is 16.4 Å². The molecule has 0 bridgehead atoms. The Morgan fingerprint density at radius 2 is 1.67 bits per heavy atom. The maximum atomic E-state index is 13.2. The summed E-state index contributed by atoms with van der Waals surface area (Å²) in [6, 6.07) is -1.03. The topological polar surface area (TPSA) is 118 Å². The Kier molecular flexibility index (Phi) is 4.76. The fourth-order valence-corrected chi connectivity index (χ4v) is 4.00. The molecule has 3 rings (SSSR count). The highest BCUT2D eigenvalue weighted by Crippen LogP contribution is 2.49. The average molecular weight is 385 g/mol. The lowest BCUT2D eigenvalue weighted by Crippen LogP contribution is -2.56. The van der Waals surface area contributed by atoms with Gasteiger partial charge in [-0.2, -0.15) is 0 Å². The fraction of sp³-hybridized carbons (Fsp3) is 0.778. The summed E-state index contributed by atoms with van der Waals surface area (Å²) in [6.07, 6.45) is 4.11. The molecule has 0 aliphatic heterocycles. The number of hydrogen-bond donors (Lipinski definition) is 3. The maximum Gasteiger partial charge on any atom is 0.287 e. The number of carbonyl (C=O) groups is 4. The third-order valence-electron chi connectivity index (χ3n) is 6.05. The zero-order chi connectivity index (χ0) is 20.0. The van der Waals surface area contributed by atoms with Crippen LogP contribution in [0.1, 0.15) is 58.3 Å². The van der Waals surface area contributed by atoms with Crippen LogP contribution in [0.2, 0.25) is 0 Å². The summed E-state index contributed by atoms with van der Waals surface area (Å²) in [7, 11) is 0. The first-order chi connectivity index (χ1) is 12.5. The van der Waals surface area contributed by atoms with Crippen LogP contribution in [0.4, 0.5) is 8.78 Å². The minimum Gasteiger partial charge on any atom is -0.363 e. The Morgan fingerprint density at radius 3 is 2.11 bits per heavy atom. The second-order valence-corrected chi connectivity index (χ2v) is 8.57. The summed E-state index contributed by atoms with van der Waals surface area (Å²) in [5.74, 6) is -7.93. The first-order valence-electron chi connectivity index (χ1n) is 9.33. The highest BCUT2D eigenvalue weighted by Gasteiger charge is 2.62. The summed E-state index contributed by atoms with van der Waals surface area (Å²) in [4.78, 5) is 48.0. The number of primary amides is 1. The van der Waals surface area contributed by atoms with Gasteiger partial charge in [-0.1, -0.05) is 19.8 Å². The molecule has 2 atom stereocenters. The summed E-state index contributed by atoms with van der Waals surface area (Å²) < 4.78 is 26.4. The molecule has 3 fully saturated rings. The molecule has 4 N–H and O–H groups in total. The Balaban J connectivity index is 1.70. The Morgan fingerprint density at radius 1 is 1.11 bits per heavy atom. The van der Waals surface area contributed by atoms with Crippen molar-refractivity contribution in [2.24, 2.45) is 17.1 Å². The zero-order valence-electron chi connectivity index (χ0n) is 15.3. The third-order valence-corrected chi connectivity index (χ3v) is 6.05. The second-order valence-electron chi connectivity index (χ2n) is 8.57. The van der Waals surface area contributed by atoms with Gasteiger partial charge < -0.3 is 16.4 Å². The molecular formula is C18H25F2N3O4. The number of nitrogens with two attached hydrogens (primary N) is 1. The fourth-order valence-electron chi connectivity index (χ4n) is 4.00. The van der Waals surface area contributed by atoms with Gasteiger partial charge in [0.25, 0.3) is 11.8 Å². The first-order valence-corrected chi connectivity index (χ1v) is 9.33. The van der Waals surface area contributed by atoms with Crippen LogP contribution in [0.25, 0.3) is 0 Å². The van der Waals surface area contributed by atoms with Gasteiger partial charge in [0.05, 0.1) is 0 Å². The van der Waals surface area contributed by atoms with Crippen molar-refractivity contribution in [3.8, 4) is 0 Å². The van der Waals surface area contributed by atoms with E-state index in [2.05, 4.69) is 10.6 Å². The van der Waals surface area contributed by atoms with Crippen molar-refractivity contribution in [2.75, 3.05) is 0 Å². The molecule has 0 heterocycles. The van der Waals surface area contributed by atoms with Gasteiger partial charge in [-0.15, -0.1) is 0 Å². The van der Waals surface area contributed by atoms with Gasteiger partial charge in [-0.3, -0.25) is 19.2 Å². The second kappa shape index (κ2) is 6.53. The van der Waals surface area contributed by atoms with Crippen LogP contribution in [0.3, 0.4) is 0 Å². The molecule has 27 heavy (non-hydrogen) atoms. The number of nitrogens with one attached hydrogen (secondary N) is 2. The number of carbonyl (C=O) groups excluding carboxylic acids is 4. The molecule has 2 unspecified atom stereocenters. The largest absolute Gasteiger partial charge is 0.363 e. The number of halogens is 2. The molecule has 0 aromatic carbocycles. The average Bonchev–Trinajstić information content (AvgIpc) is 3.43. The molecule has 0 saturated heterocycles. The molecule has 150 valence electrons. The SMILES string of the molecule is CC1(CC(NC(=O)C2CC2(F)F)C(=O)NC2(C(=O)C(N)=O)CC2)CCCC1. The lowest BCUT2D eigenvalue weighted by atomic mass is 9.81. The van der Waals surface area contributed by atoms with Crippen LogP contribution in [0, 0.1) is 11.3 Å². The quantitative estimate of drug-likeness (QED) is 0.536. The summed E-state index contributed by atoms with van der Waals surface area (Å²) >= 11 is 0. The summed E-state index contributed by atoms with van der Waals surface area (Å²) in [6.45, 7) is 2.00. The molecule has 3 aliphatic carbocycles. The van der Waals surface area contributed by atoms with Gasteiger partial charge in [0.1, 0.15) is 17.5 Å². The van der Waals surface area contributed by atoms with E-state index in [1.807, 2.05) is 6.92 Å². The lowest BCUT2D eigenvalue weighted by molar-refractivity contribution is -0.140. The van der Waals surface area contributed by atoms with Crippen molar-refractivity contribution in [1.29, 1.82) is 0 Å². The first kappa shape index (κ1) is 19.7. The van der Waals surface area contributed by atoms with E-state index < -0.39 is 53.3 Å². The predicted octanol–water partition coefficient (Wildman–Crippen LogP) is 0.800. The number of rotatable bonds is 8. The van der Waals surface area contributed by atoms with Crippen molar-refractivity contribution in [3.05, 3.63) is 0 Å². The molecule has 0 spiro atoms. The molecular weight excluding hydrogens is 360 g/mol. The monoisotopic (exact) mass is 385 g/mol. The molecule has 0 aromatic rings. The molecule has 7 nitrogen and oxygen atoms in total. The molecule has 0 radical (unpaired) electrons. The van der Waals surface area contributed by atoms with Gasteiger partial charge >= 0.3 is 0 Å². The van der Waals surface area contributed by atoms with Crippen LogP contribution >= 0.6 is 0 Å². The van der Waals surface area contributed by atoms with E-state index in [0.29, 0.717) is 19.3 Å². The molecule has 3 amide bonds. The van der Waals surface area contributed by atoms with E-state index in [1.54, 1.807) is 0 Å². The summed E-state index contributed by atoms with van der Waals surface area (Å²) in [5.41, 5.74) is 3.53. The van der Waals surface area contributed by atoms with Crippen molar-refractivity contribution in [1.82, 2.24) is 10.6 Å². The number of Topliss-reactive ketones (excluding diaryl/α,β-unsaturated/α-hetero) is 1. The number of ketones is 1. The van der Waals surface area contributed by atoms with E-state index in [9.17, 15) is 28.0 Å². The van der Waals surface area contributed by atoms with Gasteiger partial charge in [0.2, 0.25) is 17.6 Å². The highest BCUT2D eigenvalue weighted by atomic mass is 19.3. The smallest absolute Gasteiger partial charge is 0.287 e. The summed E-state index contributed by atoms with van der Waals surface area (Å²) in [5, 5.41) is 4.98. The van der Waals surface area contributed by atoms with Crippen LogP contribution in [-0.4, -0.2) is 41.0 Å². The zero-order valence-corrected chi connectivity index (χ0v) is 15.3. The van der Waals surface area contributed by atoms with Gasteiger partial charge in [0.15, 0.2) is 0 Å². The van der Waals surface area contributed by atoms with Gasteiger partial charge in [-0.25, -0.2) is 8.78 Å². The molecule has 0 aromatic heterocycles. The minimum atomic E-state index is -3.03. The van der Waals surface area contributed by atoms with Crippen molar-refractivity contribution in [3.63, 3.8) is 0 Å². The maximum absolute atomic E-state index is 13.2. The Labute approximate surface area is 155 Å². The van der Waals surface area contributed by atoms with E-state index in [-0.39, 0.29) is 5.41 Å². The van der Waals surface area contributed by atoms with E-state index in [1.165, 1.54) is 0 Å². The van der Waals surface area contributed by atoms with Crippen molar-refractivity contribution in [2.45, 2.75) is 75.8 Å². The van der Waals surface area contributed by atoms with Gasteiger partial charge in [0, 0.05) is 6.42 Å². The van der Waals surface area contributed by atoms with Gasteiger partial charge in [-0.05, 0) is 37.5 Å². The number of amides is 3. The van der Waals surface area contributed by atoms with Crippen LogP contribution in [0.5, 0.6) is 0 Å². The number of hydrogen-bond acceptors (Lipinski definition) is 4. The molecule has 3 saturated carbocycles. The van der Waals surface area contributed by atoms with Crippen molar-refractivity contribution < 1.29 is 28.0 Å². The predicted molar refractivity (Wildman–Crippen MR) is 90.5 cm³/mol. The molecule has 9 heteroatoms. The van der Waals surface area contributed by atoms with E-state index >= 15 is 0 Å². The minimum absolute atomic E-state index is 0.189. The number of alkyl halides is 2. The van der Waals surface area contributed by atoms with Crippen LogP contribution in [-0.2, 0) is 19.2 Å². The third kappa shape index (κ3) is 4.11. The Hall–Kier alpha value is -2.06. The highest BCUT2D eigenvalue weighted by molar-refractivity contribution is 6.40. The Bertz CT molecular complexity index is 684. The van der Waals surface area contributed by atoms with Crippen molar-refractivity contribution >= 4 is 23.5 Å².